The molecule has 2 aromatic rings. The molecule has 0 radical (unpaired) electrons. The van der Waals surface area contributed by atoms with E-state index in [9.17, 15) is 5.11 Å². The first-order valence-corrected chi connectivity index (χ1v) is 8.72. The number of ether oxygens (including phenoxy) is 1. The summed E-state index contributed by atoms with van der Waals surface area (Å²) in [6, 6.07) is 10.0. The number of piperazine rings is 1. The molecular weight excluding hydrogens is 332 g/mol. The van der Waals surface area contributed by atoms with E-state index in [2.05, 4.69) is 25.8 Å². The zero-order valence-corrected chi connectivity index (χ0v) is 15.0. The normalized spacial score (nSPS) is 18.1. The van der Waals surface area contributed by atoms with Crippen LogP contribution in [0.5, 0.6) is 5.75 Å². The minimum absolute atomic E-state index is 0.140. The van der Waals surface area contributed by atoms with E-state index < -0.39 is 0 Å². The number of aliphatic hydroxyl groups excluding tert-OH is 1. The number of rotatable bonds is 6. The molecule has 8 heteroatoms. The number of aliphatic hydroxyl groups is 1. The van der Waals surface area contributed by atoms with Gasteiger partial charge in [0.05, 0.1) is 7.11 Å². The zero-order valence-electron chi connectivity index (χ0n) is 15.0. The SMILES string of the molecule is COc1cccc(CN2CCN(c3cc(N)nc(N)n3)C[C@@H]2CCO)c1. The molecule has 3 rings (SSSR count). The molecule has 1 atom stereocenters. The van der Waals surface area contributed by atoms with Gasteiger partial charge in [0.15, 0.2) is 0 Å². The number of nitrogen functional groups attached to an aromatic ring is 2. The fourth-order valence-electron chi connectivity index (χ4n) is 3.37. The molecule has 1 aromatic heterocycles. The van der Waals surface area contributed by atoms with E-state index >= 15 is 0 Å². The molecular formula is C18H26N6O2. The number of aromatic nitrogens is 2. The van der Waals surface area contributed by atoms with Gasteiger partial charge in [0.2, 0.25) is 5.95 Å². The van der Waals surface area contributed by atoms with Gasteiger partial charge >= 0.3 is 0 Å². The third kappa shape index (κ3) is 4.33. The summed E-state index contributed by atoms with van der Waals surface area (Å²) >= 11 is 0. The molecule has 0 saturated carbocycles. The number of anilines is 3. The van der Waals surface area contributed by atoms with E-state index in [1.165, 1.54) is 5.56 Å². The maximum absolute atomic E-state index is 9.50. The van der Waals surface area contributed by atoms with Crippen LogP contribution in [0.15, 0.2) is 30.3 Å². The highest BCUT2D eigenvalue weighted by Gasteiger charge is 2.27. The molecule has 1 aliphatic heterocycles. The van der Waals surface area contributed by atoms with Gasteiger partial charge in [-0.25, -0.2) is 0 Å². The van der Waals surface area contributed by atoms with Crippen LogP contribution < -0.4 is 21.1 Å². The summed E-state index contributed by atoms with van der Waals surface area (Å²) in [5.41, 5.74) is 12.7. The van der Waals surface area contributed by atoms with E-state index in [4.69, 9.17) is 16.2 Å². The largest absolute Gasteiger partial charge is 0.497 e. The molecule has 0 amide bonds. The molecule has 0 aliphatic carbocycles. The van der Waals surface area contributed by atoms with Crippen molar-refractivity contribution in [3.63, 3.8) is 0 Å². The fourth-order valence-corrected chi connectivity index (χ4v) is 3.37. The molecule has 1 aromatic carbocycles. The number of hydrogen-bond donors (Lipinski definition) is 3. The van der Waals surface area contributed by atoms with Crippen molar-refractivity contribution in [2.45, 2.75) is 19.0 Å². The van der Waals surface area contributed by atoms with Gasteiger partial charge in [0, 0.05) is 44.9 Å². The Morgan fingerprint density at radius 3 is 2.81 bits per heavy atom. The van der Waals surface area contributed by atoms with Gasteiger partial charge in [0.25, 0.3) is 0 Å². The predicted octanol–water partition coefficient (Wildman–Crippen LogP) is 0.723. The maximum Gasteiger partial charge on any atom is 0.223 e. The predicted molar refractivity (Wildman–Crippen MR) is 102 cm³/mol. The molecule has 1 aliphatic rings. The highest BCUT2D eigenvalue weighted by molar-refractivity contribution is 5.50. The smallest absolute Gasteiger partial charge is 0.223 e. The lowest BCUT2D eigenvalue weighted by atomic mass is 10.1. The van der Waals surface area contributed by atoms with E-state index in [-0.39, 0.29) is 18.6 Å². The highest BCUT2D eigenvalue weighted by atomic mass is 16.5. The molecule has 0 unspecified atom stereocenters. The number of nitrogens with zero attached hydrogens (tertiary/aromatic N) is 4. The first kappa shape index (κ1) is 18.2. The number of nitrogens with two attached hydrogens (primary N) is 2. The lowest BCUT2D eigenvalue weighted by Crippen LogP contribution is -2.53. The summed E-state index contributed by atoms with van der Waals surface area (Å²) in [7, 11) is 1.67. The maximum atomic E-state index is 9.50. The molecule has 1 saturated heterocycles. The molecule has 0 bridgehead atoms. The summed E-state index contributed by atoms with van der Waals surface area (Å²) in [6.45, 7) is 3.36. The van der Waals surface area contributed by atoms with E-state index in [0.29, 0.717) is 12.2 Å². The first-order chi connectivity index (χ1) is 12.6. The minimum Gasteiger partial charge on any atom is -0.497 e. The molecule has 140 valence electrons. The van der Waals surface area contributed by atoms with Crippen LogP contribution in [0.4, 0.5) is 17.6 Å². The minimum atomic E-state index is 0.140. The Labute approximate surface area is 153 Å². The van der Waals surface area contributed by atoms with Gasteiger partial charge in [-0.2, -0.15) is 9.97 Å². The second kappa shape index (κ2) is 8.20. The first-order valence-electron chi connectivity index (χ1n) is 8.72. The van der Waals surface area contributed by atoms with E-state index in [0.717, 1.165) is 37.7 Å². The molecule has 26 heavy (non-hydrogen) atoms. The van der Waals surface area contributed by atoms with Crippen molar-refractivity contribution in [3.8, 4) is 5.75 Å². The summed E-state index contributed by atoms with van der Waals surface area (Å²) < 4.78 is 5.31. The fraction of sp³-hybridized carbons (Fsp3) is 0.444. The average molecular weight is 358 g/mol. The average Bonchev–Trinajstić information content (AvgIpc) is 2.63. The van der Waals surface area contributed by atoms with Crippen molar-refractivity contribution in [2.75, 3.05) is 49.7 Å². The Balaban J connectivity index is 1.73. The third-order valence-corrected chi connectivity index (χ3v) is 4.66. The Morgan fingerprint density at radius 1 is 1.23 bits per heavy atom. The van der Waals surface area contributed by atoms with Crippen LogP contribution in [0.25, 0.3) is 0 Å². The third-order valence-electron chi connectivity index (χ3n) is 4.66. The zero-order chi connectivity index (χ0) is 18.5. The van der Waals surface area contributed by atoms with Crippen molar-refractivity contribution in [1.82, 2.24) is 14.9 Å². The van der Waals surface area contributed by atoms with Crippen molar-refractivity contribution in [3.05, 3.63) is 35.9 Å². The quantitative estimate of drug-likeness (QED) is 0.692. The second-order valence-corrected chi connectivity index (χ2v) is 6.44. The lowest BCUT2D eigenvalue weighted by Gasteiger charge is -2.42. The van der Waals surface area contributed by atoms with Crippen LogP contribution in [-0.2, 0) is 6.54 Å². The topological polar surface area (TPSA) is 114 Å². The highest BCUT2D eigenvalue weighted by Crippen LogP contribution is 2.23. The van der Waals surface area contributed by atoms with Gasteiger partial charge in [-0.15, -0.1) is 0 Å². The van der Waals surface area contributed by atoms with Crippen LogP contribution in [-0.4, -0.2) is 59.4 Å². The summed E-state index contributed by atoms with van der Waals surface area (Å²) in [6.07, 6.45) is 0.691. The van der Waals surface area contributed by atoms with Gasteiger partial charge in [-0.05, 0) is 24.1 Å². The van der Waals surface area contributed by atoms with Crippen LogP contribution in [0, 0.1) is 0 Å². The van der Waals surface area contributed by atoms with Crippen molar-refractivity contribution in [2.24, 2.45) is 0 Å². The molecule has 1 fully saturated rings. The second-order valence-electron chi connectivity index (χ2n) is 6.44. The molecule has 5 N–H and O–H groups in total. The Hall–Kier alpha value is -2.58. The Morgan fingerprint density at radius 2 is 2.08 bits per heavy atom. The Bertz CT molecular complexity index is 721. The monoisotopic (exact) mass is 358 g/mol. The van der Waals surface area contributed by atoms with E-state index in [1.54, 1.807) is 13.2 Å². The number of hydrogen-bond acceptors (Lipinski definition) is 8. The Kier molecular flexibility index (Phi) is 5.75. The number of benzene rings is 1. The van der Waals surface area contributed by atoms with Crippen molar-refractivity contribution in [1.29, 1.82) is 0 Å². The molecule has 8 nitrogen and oxygen atoms in total. The van der Waals surface area contributed by atoms with E-state index in [1.807, 2.05) is 18.2 Å². The summed E-state index contributed by atoms with van der Waals surface area (Å²) in [5, 5.41) is 9.50. The van der Waals surface area contributed by atoms with Crippen LogP contribution in [0.3, 0.4) is 0 Å². The van der Waals surface area contributed by atoms with Gasteiger partial charge < -0.3 is 26.2 Å². The molecule has 0 spiro atoms. The number of methoxy groups -OCH3 is 1. The van der Waals surface area contributed by atoms with Crippen molar-refractivity contribution >= 4 is 17.6 Å². The lowest BCUT2D eigenvalue weighted by molar-refractivity contribution is 0.135. The van der Waals surface area contributed by atoms with Crippen LogP contribution in [0.1, 0.15) is 12.0 Å². The van der Waals surface area contributed by atoms with Crippen molar-refractivity contribution < 1.29 is 9.84 Å². The van der Waals surface area contributed by atoms with Gasteiger partial charge in [-0.1, -0.05) is 12.1 Å². The van der Waals surface area contributed by atoms with Gasteiger partial charge in [-0.3, -0.25) is 4.90 Å². The van der Waals surface area contributed by atoms with Crippen LogP contribution in [0.2, 0.25) is 0 Å². The summed E-state index contributed by atoms with van der Waals surface area (Å²) in [4.78, 5) is 12.8. The van der Waals surface area contributed by atoms with Gasteiger partial charge in [0.1, 0.15) is 17.4 Å². The molecule has 2 heterocycles. The van der Waals surface area contributed by atoms with Crippen LogP contribution >= 0.6 is 0 Å². The summed E-state index contributed by atoms with van der Waals surface area (Å²) in [5.74, 6) is 2.13. The standard InChI is InChI=1S/C18H26N6O2/c1-26-15-4-2-3-13(9-15)11-23-6-7-24(12-14(23)5-8-25)17-10-16(19)21-18(20)22-17/h2-4,9-10,14,25H,5-8,11-12H2,1H3,(H4,19,20,21,22)/t14-/m0/s1.